The van der Waals surface area contributed by atoms with Gasteiger partial charge in [-0.15, -0.1) is 0 Å². The fourth-order valence-corrected chi connectivity index (χ4v) is 15.4. The molecule has 9 atom stereocenters. The molecule has 1 heterocycles. The van der Waals surface area contributed by atoms with Gasteiger partial charge in [-0.2, -0.15) is 10.6 Å². The fourth-order valence-electron chi connectivity index (χ4n) is 14.0. The molecular formula is C43H64N2O5S. The van der Waals surface area contributed by atoms with Crippen LogP contribution in [0.2, 0.25) is 0 Å². The number of nitrogens with zero attached hydrogens (tertiary/aromatic N) is 1. The Labute approximate surface area is 308 Å². The SMILES string of the molecule is C=C(C)[C@@H]1CC[C@]2(CNCCC(=O)N3CCS(O)(O)C3)CC[C@]3(C)[C@H](CC[C@@H]4[C@@]5(C)CC=C(c6ccc(C(=O)O)cc6)C(C)(C)[C@@H]5CC[C@]43C)[C@@H]12. The molecule has 5 fully saturated rings. The van der Waals surface area contributed by atoms with Gasteiger partial charge in [-0.05, 0) is 145 Å². The number of carboxylic acids is 1. The molecule has 1 aliphatic heterocycles. The zero-order valence-corrected chi connectivity index (χ0v) is 32.9. The molecule has 0 radical (unpaired) electrons. The highest BCUT2D eigenvalue weighted by atomic mass is 32.3. The Bertz CT molecular complexity index is 1600. The molecule has 7 rings (SSSR count). The first-order chi connectivity index (χ1) is 23.9. The van der Waals surface area contributed by atoms with Gasteiger partial charge in [0.1, 0.15) is 5.88 Å². The second-order valence-electron chi connectivity index (χ2n) is 19.2. The Morgan fingerprint density at radius 3 is 2.31 bits per heavy atom. The summed E-state index contributed by atoms with van der Waals surface area (Å²) in [6, 6.07) is 7.55. The van der Waals surface area contributed by atoms with E-state index >= 15 is 0 Å². The molecule has 282 valence electrons. The van der Waals surface area contributed by atoms with Gasteiger partial charge >= 0.3 is 5.97 Å². The van der Waals surface area contributed by atoms with Crippen molar-refractivity contribution >= 4 is 28.0 Å². The van der Waals surface area contributed by atoms with E-state index in [2.05, 4.69) is 59.5 Å². The quantitative estimate of drug-likeness (QED) is 0.157. The topological polar surface area (TPSA) is 110 Å². The summed E-state index contributed by atoms with van der Waals surface area (Å²) in [5.74, 6) is 2.58. The summed E-state index contributed by atoms with van der Waals surface area (Å²) in [6.45, 7) is 21.8. The molecule has 4 saturated carbocycles. The zero-order valence-electron chi connectivity index (χ0n) is 32.1. The van der Waals surface area contributed by atoms with Gasteiger partial charge in [0, 0.05) is 26.1 Å². The van der Waals surface area contributed by atoms with Gasteiger partial charge in [0.25, 0.3) is 0 Å². The zero-order chi connectivity index (χ0) is 36.8. The van der Waals surface area contributed by atoms with Gasteiger partial charge in [0.05, 0.1) is 11.3 Å². The molecule has 5 aliphatic carbocycles. The molecule has 0 aromatic heterocycles. The lowest BCUT2D eigenvalue weighted by Crippen LogP contribution is -2.65. The molecule has 0 spiro atoms. The van der Waals surface area contributed by atoms with Crippen LogP contribution in [0, 0.1) is 56.7 Å². The van der Waals surface area contributed by atoms with E-state index in [1.54, 1.807) is 17.0 Å². The first kappa shape index (κ1) is 37.2. The Morgan fingerprint density at radius 2 is 1.67 bits per heavy atom. The van der Waals surface area contributed by atoms with Gasteiger partial charge in [-0.1, -0.05) is 65.0 Å². The van der Waals surface area contributed by atoms with E-state index in [9.17, 15) is 23.8 Å². The molecule has 51 heavy (non-hydrogen) atoms. The van der Waals surface area contributed by atoms with E-state index in [1.165, 1.54) is 68.1 Å². The van der Waals surface area contributed by atoms with Crippen LogP contribution in [0.5, 0.6) is 0 Å². The first-order valence-corrected chi connectivity index (χ1v) is 21.7. The van der Waals surface area contributed by atoms with Crippen molar-refractivity contribution in [1.82, 2.24) is 10.2 Å². The van der Waals surface area contributed by atoms with Gasteiger partial charge in [-0.3, -0.25) is 13.9 Å². The number of nitrogens with one attached hydrogen (secondary N) is 1. The average molecular weight is 721 g/mol. The second kappa shape index (κ2) is 12.7. The standard InChI is InChI=1S/C43H64N2O5S/c1-28(2)31-14-20-43(26-44-23-17-36(46)45-24-25-51(49,50)27-45)22-21-41(6)33(37(31)43)12-13-35-40(5)18-15-32(29-8-10-30(11-9-29)38(47)48)39(3,4)34(40)16-19-42(35,41)7/h8-11,15,31,33-35,37,44,49-50H,1,12-14,16-27H2,2-7H3,(H,47,48)/t31-,33+,34-,35+,37+,40-,41+,42+,43+/m0/s1. The maximum absolute atomic E-state index is 12.9. The average Bonchev–Trinajstić information content (AvgIpc) is 3.63. The molecule has 1 aromatic rings. The number of carbonyl (C=O) groups excluding carboxylic acids is 1. The van der Waals surface area contributed by atoms with E-state index in [4.69, 9.17) is 0 Å². The third-order valence-corrected chi connectivity index (χ3v) is 18.2. The predicted octanol–water partition coefficient (Wildman–Crippen LogP) is 9.57. The molecule has 0 unspecified atom stereocenters. The largest absolute Gasteiger partial charge is 0.478 e. The summed E-state index contributed by atoms with van der Waals surface area (Å²) in [6.07, 6.45) is 14.0. The number of rotatable bonds is 8. The number of amides is 1. The van der Waals surface area contributed by atoms with Crippen molar-refractivity contribution in [2.24, 2.45) is 56.7 Å². The normalized spacial score (nSPS) is 41.4. The molecule has 6 aliphatic rings. The van der Waals surface area contributed by atoms with Crippen LogP contribution in [0.25, 0.3) is 5.57 Å². The van der Waals surface area contributed by atoms with Crippen LogP contribution in [0.1, 0.15) is 122 Å². The number of allylic oxidation sites excluding steroid dienone is 3. The van der Waals surface area contributed by atoms with Crippen LogP contribution in [-0.2, 0) is 4.79 Å². The lowest BCUT2D eigenvalue weighted by atomic mass is 9.32. The molecule has 1 aromatic carbocycles. The molecule has 4 N–H and O–H groups in total. The first-order valence-electron chi connectivity index (χ1n) is 19.8. The Kier molecular flexibility index (Phi) is 9.29. The molecule has 8 heteroatoms. The van der Waals surface area contributed by atoms with Crippen LogP contribution in [0.15, 0.2) is 42.5 Å². The van der Waals surface area contributed by atoms with Crippen molar-refractivity contribution in [3.8, 4) is 0 Å². The number of benzene rings is 1. The van der Waals surface area contributed by atoms with Crippen molar-refractivity contribution in [2.45, 2.75) is 106 Å². The minimum Gasteiger partial charge on any atom is -0.478 e. The smallest absolute Gasteiger partial charge is 0.335 e. The third kappa shape index (κ3) is 5.79. The summed E-state index contributed by atoms with van der Waals surface area (Å²) in [5, 5.41) is 13.3. The molecule has 1 amide bonds. The van der Waals surface area contributed by atoms with E-state index in [-0.39, 0.29) is 38.9 Å². The molecule has 7 nitrogen and oxygen atoms in total. The van der Waals surface area contributed by atoms with Crippen LogP contribution in [-0.4, -0.2) is 62.3 Å². The predicted molar refractivity (Wildman–Crippen MR) is 208 cm³/mol. The number of aromatic carboxylic acids is 1. The summed E-state index contributed by atoms with van der Waals surface area (Å²) < 4.78 is 20.0. The highest BCUT2D eigenvalue weighted by Gasteiger charge is 2.70. The summed E-state index contributed by atoms with van der Waals surface area (Å²) in [7, 11) is -2.62. The Morgan fingerprint density at radius 1 is 0.941 bits per heavy atom. The molecule has 1 saturated heterocycles. The van der Waals surface area contributed by atoms with Crippen molar-refractivity contribution in [2.75, 3.05) is 31.3 Å². The van der Waals surface area contributed by atoms with E-state index in [1.807, 2.05) is 12.1 Å². The highest BCUT2D eigenvalue weighted by Crippen LogP contribution is 2.77. The number of hydrogen-bond acceptors (Lipinski definition) is 5. The van der Waals surface area contributed by atoms with E-state index in [0.29, 0.717) is 60.4 Å². The van der Waals surface area contributed by atoms with Gasteiger partial charge < -0.3 is 15.3 Å². The number of fused-ring (bicyclic) bond motifs is 7. The molecular weight excluding hydrogens is 657 g/mol. The number of carboxylic acid groups (broad SMARTS) is 1. The maximum atomic E-state index is 12.9. The van der Waals surface area contributed by atoms with Crippen molar-refractivity contribution in [3.05, 3.63) is 53.6 Å². The van der Waals surface area contributed by atoms with E-state index < -0.39 is 16.6 Å². The van der Waals surface area contributed by atoms with Crippen molar-refractivity contribution < 1.29 is 23.8 Å². The Hall–Kier alpha value is -2.13. The summed E-state index contributed by atoms with van der Waals surface area (Å²) >= 11 is 0. The van der Waals surface area contributed by atoms with Crippen molar-refractivity contribution in [3.63, 3.8) is 0 Å². The van der Waals surface area contributed by atoms with Gasteiger partial charge in [0.2, 0.25) is 5.91 Å². The highest BCUT2D eigenvalue weighted by molar-refractivity contribution is 8.24. The monoisotopic (exact) mass is 720 g/mol. The third-order valence-electron chi connectivity index (χ3n) is 16.7. The Balaban J connectivity index is 1.11. The molecule has 0 bridgehead atoms. The summed E-state index contributed by atoms with van der Waals surface area (Å²) in [5.41, 5.74) is 5.19. The fraction of sp³-hybridized carbons (Fsp3) is 0.721. The number of hydrogen-bond donors (Lipinski definition) is 4. The van der Waals surface area contributed by atoms with Gasteiger partial charge in [0.15, 0.2) is 0 Å². The summed E-state index contributed by atoms with van der Waals surface area (Å²) in [4.78, 5) is 26.1. The van der Waals surface area contributed by atoms with E-state index in [0.717, 1.165) is 13.0 Å². The minimum absolute atomic E-state index is 0.00263. The van der Waals surface area contributed by atoms with Crippen LogP contribution < -0.4 is 5.32 Å². The minimum atomic E-state index is -2.62. The lowest BCUT2D eigenvalue weighted by Gasteiger charge is -2.72. The van der Waals surface area contributed by atoms with Crippen molar-refractivity contribution in [1.29, 1.82) is 0 Å². The lowest BCUT2D eigenvalue weighted by molar-refractivity contribution is -0.225. The van der Waals surface area contributed by atoms with Gasteiger partial charge in [-0.25, -0.2) is 4.79 Å². The van der Waals surface area contributed by atoms with Crippen LogP contribution in [0.3, 0.4) is 0 Å². The van der Waals surface area contributed by atoms with Crippen LogP contribution in [0.4, 0.5) is 0 Å². The number of carbonyl (C=O) groups is 2. The maximum Gasteiger partial charge on any atom is 0.335 e. The second-order valence-corrected chi connectivity index (χ2v) is 21.5. The van der Waals surface area contributed by atoms with Crippen LogP contribution >= 0.6 is 10.6 Å².